The van der Waals surface area contributed by atoms with Crippen LogP contribution >= 0.6 is 15.9 Å². The highest BCUT2D eigenvalue weighted by Crippen LogP contribution is 2.30. The molecule has 0 saturated carbocycles. The van der Waals surface area contributed by atoms with Gasteiger partial charge < -0.3 is 9.73 Å². The minimum absolute atomic E-state index is 0.210. The molecule has 1 aromatic carbocycles. The van der Waals surface area contributed by atoms with Crippen LogP contribution < -0.4 is 5.32 Å². The Morgan fingerprint density at radius 2 is 1.86 bits per heavy atom. The number of hydrogen-bond donors (Lipinski definition) is 1. The summed E-state index contributed by atoms with van der Waals surface area (Å²) >= 11 is 3.44. The molecule has 0 saturated heterocycles. The molecule has 0 aliphatic carbocycles. The second-order valence-corrected chi connectivity index (χ2v) is 6.88. The van der Waals surface area contributed by atoms with Crippen molar-refractivity contribution in [3.05, 3.63) is 51.6 Å². The summed E-state index contributed by atoms with van der Waals surface area (Å²) in [6.45, 7) is 9.71. The smallest absolute Gasteiger partial charge is 0.289 e. The molecule has 4 nitrogen and oxygen atoms in total. The van der Waals surface area contributed by atoms with E-state index in [4.69, 9.17) is 4.42 Å². The number of carbonyl (C=O) groups excluding carboxylic acids is 1. The van der Waals surface area contributed by atoms with Gasteiger partial charge in [0.25, 0.3) is 5.91 Å². The fraction of sp³-hybridized carbons (Fsp3) is 0.412. The molecule has 0 radical (unpaired) electrons. The van der Waals surface area contributed by atoms with E-state index >= 15 is 0 Å². The van der Waals surface area contributed by atoms with Crippen LogP contribution in [-0.2, 0) is 5.54 Å². The van der Waals surface area contributed by atoms with E-state index < -0.39 is 5.54 Å². The summed E-state index contributed by atoms with van der Waals surface area (Å²) in [6, 6.07) is 7.99. The molecule has 118 valence electrons. The van der Waals surface area contributed by atoms with Crippen molar-refractivity contribution in [2.45, 2.75) is 40.2 Å². The molecular weight excluding hydrogens is 344 g/mol. The minimum Gasteiger partial charge on any atom is -0.436 e. The van der Waals surface area contributed by atoms with E-state index in [0.717, 1.165) is 10.0 Å². The van der Waals surface area contributed by atoms with Crippen LogP contribution in [0.3, 0.4) is 0 Å². The van der Waals surface area contributed by atoms with Crippen LogP contribution in [-0.4, -0.2) is 10.9 Å². The minimum atomic E-state index is -0.495. The summed E-state index contributed by atoms with van der Waals surface area (Å²) in [5, 5.41) is 3.11. The first-order valence-corrected chi connectivity index (χ1v) is 8.06. The summed E-state index contributed by atoms with van der Waals surface area (Å²) in [5.41, 5.74) is 1.16. The standard InChI is InChI=1S/C17H21BrN2O2/c1-10(2)17(5,13-6-8-14(18)9-7-13)20-16(21)15-11(3)19-12(4)22-15/h6-10H,1-5H3,(H,20,21)/t17-/m0/s1. The molecule has 5 heteroatoms. The van der Waals surface area contributed by atoms with Crippen LogP contribution in [0.4, 0.5) is 0 Å². The summed E-state index contributed by atoms with van der Waals surface area (Å²) in [5.74, 6) is 0.748. The highest BCUT2D eigenvalue weighted by molar-refractivity contribution is 9.10. The van der Waals surface area contributed by atoms with Gasteiger partial charge in [0.2, 0.25) is 5.76 Å². The molecule has 0 aliphatic heterocycles. The highest BCUT2D eigenvalue weighted by atomic mass is 79.9. The van der Waals surface area contributed by atoms with Crippen LogP contribution in [0.15, 0.2) is 33.2 Å². The van der Waals surface area contributed by atoms with Crippen molar-refractivity contribution in [3.8, 4) is 0 Å². The number of benzene rings is 1. The van der Waals surface area contributed by atoms with Gasteiger partial charge in [-0.2, -0.15) is 0 Å². The number of amides is 1. The lowest BCUT2D eigenvalue weighted by Gasteiger charge is -2.35. The van der Waals surface area contributed by atoms with Crippen LogP contribution in [0.5, 0.6) is 0 Å². The van der Waals surface area contributed by atoms with Crippen LogP contribution in [0.25, 0.3) is 0 Å². The molecule has 1 amide bonds. The number of oxazole rings is 1. The molecule has 0 spiro atoms. The molecule has 1 N–H and O–H groups in total. The van der Waals surface area contributed by atoms with E-state index in [1.807, 2.05) is 31.2 Å². The number of nitrogens with one attached hydrogen (secondary N) is 1. The van der Waals surface area contributed by atoms with Gasteiger partial charge in [0.05, 0.1) is 11.2 Å². The van der Waals surface area contributed by atoms with Gasteiger partial charge in [0.15, 0.2) is 5.89 Å². The fourth-order valence-corrected chi connectivity index (χ4v) is 2.64. The topological polar surface area (TPSA) is 55.1 Å². The quantitative estimate of drug-likeness (QED) is 0.876. The van der Waals surface area contributed by atoms with Gasteiger partial charge in [-0.25, -0.2) is 4.98 Å². The van der Waals surface area contributed by atoms with E-state index in [1.54, 1.807) is 13.8 Å². The summed E-state index contributed by atoms with van der Waals surface area (Å²) in [4.78, 5) is 16.7. The first-order chi connectivity index (χ1) is 10.2. The summed E-state index contributed by atoms with van der Waals surface area (Å²) in [7, 11) is 0. The first kappa shape index (κ1) is 16.7. The van der Waals surface area contributed by atoms with Gasteiger partial charge >= 0.3 is 0 Å². The molecule has 0 fully saturated rings. The number of halogens is 1. The Hall–Kier alpha value is -1.62. The van der Waals surface area contributed by atoms with Crippen molar-refractivity contribution in [1.29, 1.82) is 0 Å². The monoisotopic (exact) mass is 364 g/mol. The Kier molecular flexibility index (Phi) is 4.75. The van der Waals surface area contributed by atoms with E-state index in [1.165, 1.54) is 0 Å². The van der Waals surface area contributed by atoms with Gasteiger partial charge in [-0.3, -0.25) is 4.79 Å². The van der Waals surface area contributed by atoms with E-state index in [-0.39, 0.29) is 17.6 Å². The first-order valence-electron chi connectivity index (χ1n) is 7.26. The average Bonchev–Trinajstić information content (AvgIpc) is 2.78. The van der Waals surface area contributed by atoms with Crippen molar-refractivity contribution in [3.63, 3.8) is 0 Å². The largest absolute Gasteiger partial charge is 0.436 e. The average molecular weight is 365 g/mol. The van der Waals surface area contributed by atoms with Gasteiger partial charge in [0, 0.05) is 11.4 Å². The van der Waals surface area contributed by atoms with Crippen molar-refractivity contribution < 1.29 is 9.21 Å². The number of carbonyl (C=O) groups is 1. The Morgan fingerprint density at radius 1 is 1.27 bits per heavy atom. The summed E-state index contributed by atoms with van der Waals surface area (Å²) in [6.07, 6.45) is 0. The normalized spacial score (nSPS) is 14.0. The second-order valence-electron chi connectivity index (χ2n) is 5.97. The van der Waals surface area contributed by atoms with E-state index in [2.05, 4.69) is 40.1 Å². The fourth-order valence-electron chi connectivity index (χ4n) is 2.38. The van der Waals surface area contributed by atoms with Crippen molar-refractivity contribution in [2.75, 3.05) is 0 Å². The summed E-state index contributed by atoms with van der Waals surface area (Å²) < 4.78 is 6.44. The van der Waals surface area contributed by atoms with Crippen molar-refractivity contribution >= 4 is 21.8 Å². The van der Waals surface area contributed by atoms with Gasteiger partial charge in [-0.1, -0.05) is 41.9 Å². The molecule has 1 atom stereocenters. The number of aryl methyl sites for hydroxylation is 2. The third kappa shape index (κ3) is 3.24. The molecule has 2 aromatic rings. The Bertz CT molecular complexity index is 676. The molecule has 1 aromatic heterocycles. The third-order valence-electron chi connectivity index (χ3n) is 4.08. The molecule has 22 heavy (non-hydrogen) atoms. The molecule has 0 bridgehead atoms. The lowest BCUT2D eigenvalue weighted by molar-refractivity contribution is 0.0845. The molecule has 0 unspecified atom stereocenters. The zero-order chi connectivity index (χ0) is 16.5. The molecule has 2 rings (SSSR count). The zero-order valence-corrected chi connectivity index (χ0v) is 15.1. The van der Waals surface area contributed by atoms with Crippen LogP contribution in [0, 0.1) is 19.8 Å². The lowest BCUT2D eigenvalue weighted by Crippen LogP contribution is -2.47. The van der Waals surface area contributed by atoms with Gasteiger partial charge in [0.1, 0.15) is 0 Å². The predicted molar refractivity (Wildman–Crippen MR) is 89.8 cm³/mol. The molecule has 0 aliphatic rings. The maximum Gasteiger partial charge on any atom is 0.289 e. The lowest BCUT2D eigenvalue weighted by atomic mass is 9.81. The Balaban J connectivity index is 2.34. The number of aromatic nitrogens is 1. The number of hydrogen-bond acceptors (Lipinski definition) is 3. The maximum absolute atomic E-state index is 12.6. The Labute approximate surface area is 139 Å². The number of rotatable bonds is 4. The van der Waals surface area contributed by atoms with Gasteiger partial charge in [-0.05, 0) is 37.5 Å². The van der Waals surface area contributed by atoms with Gasteiger partial charge in [-0.15, -0.1) is 0 Å². The highest BCUT2D eigenvalue weighted by Gasteiger charge is 2.34. The number of nitrogens with zero attached hydrogens (tertiary/aromatic N) is 1. The predicted octanol–water partition coefficient (Wildman–Crippen LogP) is 4.36. The zero-order valence-electron chi connectivity index (χ0n) is 13.5. The molecule has 1 heterocycles. The molecular formula is C17H21BrN2O2. The van der Waals surface area contributed by atoms with E-state index in [9.17, 15) is 4.79 Å². The van der Waals surface area contributed by atoms with Crippen LogP contribution in [0.1, 0.15) is 48.5 Å². The maximum atomic E-state index is 12.6. The van der Waals surface area contributed by atoms with Crippen LogP contribution in [0.2, 0.25) is 0 Å². The SMILES string of the molecule is Cc1nc(C)c(C(=O)N[C@](C)(c2ccc(Br)cc2)C(C)C)o1. The van der Waals surface area contributed by atoms with E-state index in [0.29, 0.717) is 11.6 Å². The second kappa shape index (κ2) is 6.24. The third-order valence-corrected chi connectivity index (χ3v) is 4.61. The van der Waals surface area contributed by atoms with Crippen molar-refractivity contribution in [2.24, 2.45) is 5.92 Å². The van der Waals surface area contributed by atoms with Crippen molar-refractivity contribution in [1.82, 2.24) is 10.3 Å². The Morgan fingerprint density at radius 3 is 2.32 bits per heavy atom.